The van der Waals surface area contributed by atoms with Gasteiger partial charge in [0.2, 0.25) is 11.8 Å². The van der Waals surface area contributed by atoms with E-state index in [0.717, 1.165) is 0 Å². The largest absolute Gasteiger partial charge is 0.468 e. The molecule has 0 bridgehead atoms. The van der Waals surface area contributed by atoms with E-state index >= 15 is 0 Å². The van der Waals surface area contributed by atoms with Crippen LogP contribution >= 0.6 is 0 Å². The molecule has 126 valence electrons. The van der Waals surface area contributed by atoms with Gasteiger partial charge in [0, 0.05) is 7.05 Å². The highest BCUT2D eigenvalue weighted by Crippen LogP contribution is 2.25. The molecule has 3 atom stereocenters. The molecule has 2 amide bonds. The highest BCUT2D eigenvalue weighted by molar-refractivity contribution is 5.98. The second-order valence-electron chi connectivity index (χ2n) is 4.91. The van der Waals surface area contributed by atoms with Crippen LogP contribution in [-0.2, 0) is 28.7 Å². The van der Waals surface area contributed by atoms with Crippen LogP contribution in [0, 0.1) is 17.8 Å². The minimum absolute atomic E-state index is 0.114. The first-order valence-corrected chi connectivity index (χ1v) is 6.98. The first kappa shape index (κ1) is 19.9. The number of rotatable bonds is 9. The Morgan fingerprint density at radius 2 is 1.45 bits per heavy atom. The molecule has 0 aromatic carbocycles. The number of amides is 2. The number of methoxy groups -OCH3 is 2. The Kier molecular flexibility index (Phi) is 8.81. The quantitative estimate of drug-likeness (QED) is 0.440. The summed E-state index contributed by atoms with van der Waals surface area (Å²) in [5.74, 6) is -4.98. The van der Waals surface area contributed by atoms with Crippen molar-refractivity contribution in [2.45, 2.75) is 26.2 Å². The van der Waals surface area contributed by atoms with Crippen LogP contribution in [0.25, 0.3) is 0 Å². The van der Waals surface area contributed by atoms with Crippen LogP contribution in [0.1, 0.15) is 26.2 Å². The van der Waals surface area contributed by atoms with Crippen molar-refractivity contribution in [3.8, 4) is 0 Å². The minimum atomic E-state index is -1.10. The number of nitrogens with one attached hydrogen (secondary N) is 1. The average Bonchev–Trinajstić information content (AvgIpc) is 2.52. The summed E-state index contributed by atoms with van der Waals surface area (Å²) in [6.07, 6.45) is 0.831. The molecule has 0 saturated carbocycles. The third kappa shape index (κ3) is 5.71. The monoisotopic (exact) mass is 316 g/mol. The van der Waals surface area contributed by atoms with Crippen molar-refractivity contribution >= 4 is 23.8 Å². The van der Waals surface area contributed by atoms with Crippen LogP contribution in [0.2, 0.25) is 0 Å². The molecule has 0 aliphatic heterocycles. The molecule has 0 aromatic rings. The lowest BCUT2D eigenvalue weighted by molar-refractivity contribution is -0.150. The molecule has 0 saturated heterocycles. The summed E-state index contributed by atoms with van der Waals surface area (Å²) in [4.78, 5) is 46.4. The maximum absolute atomic E-state index is 11.8. The zero-order chi connectivity index (χ0) is 17.3. The maximum Gasteiger partial charge on any atom is 0.318 e. The molecule has 3 N–H and O–H groups in total. The second-order valence-corrected chi connectivity index (χ2v) is 4.91. The van der Waals surface area contributed by atoms with Crippen molar-refractivity contribution in [3.05, 3.63) is 0 Å². The Bertz CT molecular complexity index is 408. The van der Waals surface area contributed by atoms with Gasteiger partial charge in [0.15, 0.2) is 0 Å². The van der Waals surface area contributed by atoms with Crippen LogP contribution in [0.4, 0.5) is 0 Å². The number of carbonyl (C=O) groups is 4. The molecular formula is C14H24N2O6. The van der Waals surface area contributed by atoms with Gasteiger partial charge in [0.1, 0.15) is 11.8 Å². The van der Waals surface area contributed by atoms with Crippen molar-refractivity contribution in [2.24, 2.45) is 23.5 Å². The Balaban J connectivity index is 5.07. The van der Waals surface area contributed by atoms with Gasteiger partial charge in [-0.3, -0.25) is 19.2 Å². The fourth-order valence-electron chi connectivity index (χ4n) is 2.19. The molecule has 8 heteroatoms. The standard InChI is InChI=1S/C14H24N2O6/c1-5-8(6-9(11(15)17)13(19)21-3)7-10(12(18)16-2)14(20)22-4/h8-10H,5-7H2,1-4H3,(H2,15,17)(H,16,18)/t8-,9?,10?/m1/s1. The third-order valence-electron chi connectivity index (χ3n) is 3.59. The van der Waals surface area contributed by atoms with E-state index in [0.29, 0.717) is 6.42 Å². The maximum atomic E-state index is 11.8. The average molecular weight is 316 g/mol. The molecule has 2 unspecified atom stereocenters. The zero-order valence-electron chi connectivity index (χ0n) is 13.4. The summed E-state index contributed by atoms with van der Waals surface area (Å²) < 4.78 is 9.17. The van der Waals surface area contributed by atoms with Gasteiger partial charge in [0.25, 0.3) is 0 Å². The number of ether oxygens (including phenoxy) is 2. The van der Waals surface area contributed by atoms with Crippen LogP contribution in [0.15, 0.2) is 0 Å². The van der Waals surface area contributed by atoms with E-state index < -0.39 is 35.6 Å². The van der Waals surface area contributed by atoms with Gasteiger partial charge in [-0.1, -0.05) is 13.3 Å². The summed E-state index contributed by atoms with van der Waals surface area (Å²) in [5.41, 5.74) is 5.21. The molecule has 0 fully saturated rings. The molecule has 8 nitrogen and oxygen atoms in total. The molecule has 0 spiro atoms. The molecular weight excluding hydrogens is 292 g/mol. The normalized spacial score (nSPS) is 14.4. The van der Waals surface area contributed by atoms with Crippen molar-refractivity contribution in [1.82, 2.24) is 5.32 Å². The molecule has 0 aromatic heterocycles. The Labute approximate surface area is 129 Å². The molecule has 0 heterocycles. The highest BCUT2D eigenvalue weighted by Gasteiger charge is 2.33. The predicted octanol–water partition coefficient (Wildman–Crippen LogP) is -0.397. The van der Waals surface area contributed by atoms with E-state index in [1.807, 2.05) is 6.92 Å². The number of hydrogen-bond donors (Lipinski definition) is 2. The third-order valence-corrected chi connectivity index (χ3v) is 3.59. The van der Waals surface area contributed by atoms with Gasteiger partial charge in [0.05, 0.1) is 14.2 Å². The van der Waals surface area contributed by atoms with Gasteiger partial charge < -0.3 is 20.5 Å². The molecule has 0 radical (unpaired) electrons. The first-order chi connectivity index (χ1) is 10.3. The van der Waals surface area contributed by atoms with Crippen molar-refractivity contribution in [2.75, 3.05) is 21.3 Å². The summed E-state index contributed by atoms with van der Waals surface area (Å²) in [7, 11) is 3.78. The van der Waals surface area contributed by atoms with Gasteiger partial charge >= 0.3 is 11.9 Å². The van der Waals surface area contributed by atoms with E-state index in [1.54, 1.807) is 0 Å². The summed E-state index contributed by atoms with van der Waals surface area (Å²) in [6, 6.07) is 0. The summed E-state index contributed by atoms with van der Waals surface area (Å²) in [5, 5.41) is 2.40. The molecule has 0 aliphatic carbocycles. The second kappa shape index (κ2) is 9.75. The van der Waals surface area contributed by atoms with Crippen molar-refractivity contribution in [3.63, 3.8) is 0 Å². The van der Waals surface area contributed by atoms with Crippen LogP contribution in [0.3, 0.4) is 0 Å². The SMILES string of the molecule is CC[C@H](CC(C(N)=O)C(=O)OC)CC(C(=O)NC)C(=O)OC. The smallest absolute Gasteiger partial charge is 0.318 e. The first-order valence-electron chi connectivity index (χ1n) is 6.98. The topological polar surface area (TPSA) is 125 Å². The lowest BCUT2D eigenvalue weighted by Gasteiger charge is -2.22. The van der Waals surface area contributed by atoms with Crippen molar-refractivity contribution in [1.29, 1.82) is 0 Å². The Morgan fingerprint density at radius 1 is 1.00 bits per heavy atom. The molecule has 0 rings (SSSR count). The summed E-state index contributed by atoms with van der Waals surface area (Å²) in [6.45, 7) is 1.83. The molecule has 22 heavy (non-hydrogen) atoms. The van der Waals surface area contributed by atoms with Crippen LogP contribution in [0.5, 0.6) is 0 Å². The van der Waals surface area contributed by atoms with Gasteiger partial charge in [-0.15, -0.1) is 0 Å². The fourth-order valence-corrected chi connectivity index (χ4v) is 2.19. The van der Waals surface area contributed by atoms with E-state index in [1.165, 1.54) is 21.3 Å². The van der Waals surface area contributed by atoms with Crippen LogP contribution in [-0.4, -0.2) is 45.0 Å². The van der Waals surface area contributed by atoms with E-state index in [2.05, 4.69) is 14.8 Å². The minimum Gasteiger partial charge on any atom is -0.468 e. The zero-order valence-corrected chi connectivity index (χ0v) is 13.4. The lowest BCUT2D eigenvalue weighted by atomic mass is 9.84. The number of nitrogens with two attached hydrogens (primary N) is 1. The number of hydrogen-bond acceptors (Lipinski definition) is 6. The number of carbonyl (C=O) groups excluding carboxylic acids is 4. The summed E-state index contributed by atoms with van der Waals surface area (Å²) >= 11 is 0. The fraction of sp³-hybridized carbons (Fsp3) is 0.714. The number of esters is 2. The lowest BCUT2D eigenvalue weighted by Crippen LogP contribution is -2.37. The molecule has 0 aliphatic rings. The van der Waals surface area contributed by atoms with Crippen molar-refractivity contribution < 1.29 is 28.7 Å². The Hall–Kier alpha value is -2.12. The van der Waals surface area contributed by atoms with Gasteiger partial charge in [-0.05, 0) is 18.8 Å². The van der Waals surface area contributed by atoms with Gasteiger partial charge in [-0.2, -0.15) is 0 Å². The number of primary amides is 1. The van der Waals surface area contributed by atoms with Crippen LogP contribution < -0.4 is 11.1 Å². The van der Waals surface area contributed by atoms with E-state index in [-0.39, 0.29) is 18.8 Å². The highest BCUT2D eigenvalue weighted by atomic mass is 16.5. The van der Waals surface area contributed by atoms with E-state index in [4.69, 9.17) is 5.73 Å². The van der Waals surface area contributed by atoms with E-state index in [9.17, 15) is 19.2 Å². The Morgan fingerprint density at radius 3 is 1.82 bits per heavy atom. The predicted molar refractivity (Wildman–Crippen MR) is 77.3 cm³/mol. The van der Waals surface area contributed by atoms with Gasteiger partial charge in [-0.25, -0.2) is 0 Å².